The molecule has 0 heterocycles. The maximum Gasteiger partial charge on any atom is 0.243 e. The van der Waals surface area contributed by atoms with Gasteiger partial charge in [0.25, 0.3) is 0 Å². The van der Waals surface area contributed by atoms with Gasteiger partial charge in [-0.05, 0) is 43.5 Å². The van der Waals surface area contributed by atoms with Gasteiger partial charge in [0.05, 0.1) is 4.90 Å². The molecule has 1 aromatic carbocycles. The fraction of sp³-hybridized carbons (Fsp3) is 0.500. The third kappa shape index (κ3) is 3.73. The Hall–Kier alpha value is -1.17. The number of aryl methyl sites for hydroxylation is 1. The highest BCUT2D eigenvalue weighted by Crippen LogP contribution is 2.33. The van der Waals surface area contributed by atoms with E-state index in [9.17, 15) is 8.42 Å². The van der Waals surface area contributed by atoms with Crippen molar-refractivity contribution in [1.29, 1.82) is 0 Å². The Morgan fingerprint density at radius 2 is 2.14 bits per heavy atom. The summed E-state index contributed by atoms with van der Waals surface area (Å²) in [5, 5.41) is 3.23. The molecule has 1 saturated carbocycles. The number of rotatable bonds is 8. The highest BCUT2D eigenvalue weighted by Gasteiger charge is 2.37. The number of nitrogens with zero attached hydrogens (tertiary/aromatic N) is 1. The van der Waals surface area contributed by atoms with Crippen molar-refractivity contribution in [2.75, 3.05) is 13.1 Å². The first-order chi connectivity index (χ1) is 10.0. The summed E-state index contributed by atoms with van der Waals surface area (Å²) < 4.78 is 27.4. The topological polar surface area (TPSA) is 49.4 Å². The van der Waals surface area contributed by atoms with Crippen molar-refractivity contribution >= 4 is 10.0 Å². The van der Waals surface area contributed by atoms with E-state index in [1.807, 2.05) is 26.0 Å². The van der Waals surface area contributed by atoms with Crippen LogP contribution in [0.2, 0.25) is 0 Å². The number of nitrogens with one attached hydrogen (secondary N) is 1. The molecule has 0 spiro atoms. The van der Waals surface area contributed by atoms with E-state index in [0.717, 1.165) is 30.5 Å². The molecule has 21 heavy (non-hydrogen) atoms. The zero-order chi connectivity index (χ0) is 15.5. The summed E-state index contributed by atoms with van der Waals surface area (Å²) in [4.78, 5) is 0.423. The minimum Gasteiger partial charge on any atom is -0.313 e. The van der Waals surface area contributed by atoms with Crippen molar-refractivity contribution in [3.05, 3.63) is 42.0 Å². The van der Waals surface area contributed by atoms with E-state index < -0.39 is 10.0 Å². The molecule has 1 aromatic rings. The minimum absolute atomic E-state index is 0.143. The zero-order valence-electron chi connectivity index (χ0n) is 12.8. The van der Waals surface area contributed by atoms with Crippen molar-refractivity contribution < 1.29 is 8.42 Å². The van der Waals surface area contributed by atoms with Gasteiger partial charge in [-0.1, -0.05) is 25.1 Å². The largest absolute Gasteiger partial charge is 0.313 e. The number of sulfonamides is 1. The van der Waals surface area contributed by atoms with Gasteiger partial charge in [-0.2, -0.15) is 4.31 Å². The summed E-state index contributed by atoms with van der Waals surface area (Å²) in [6.45, 7) is 9.49. The van der Waals surface area contributed by atoms with Gasteiger partial charge in [0.2, 0.25) is 10.0 Å². The van der Waals surface area contributed by atoms with Crippen LogP contribution in [0.5, 0.6) is 0 Å². The van der Waals surface area contributed by atoms with Crippen molar-refractivity contribution in [2.24, 2.45) is 0 Å². The van der Waals surface area contributed by atoms with E-state index in [4.69, 9.17) is 0 Å². The van der Waals surface area contributed by atoms with Crippen molar-refractivity contribution in [1.82, 2.24) is 9.62 Å². The standard InChI is InChI=1S/C16H24N2O2S/c1-4-10-18(15-8-9-15)21(19,20)16-11-14(12-17-5-2)7-6-13(16)3/h4,6-7,11,15,17H,1,5,8-10,12H2,2-3H3. The lowest BCUT2D eigenvalue weighted by atomic mass is 10.1. The molecule has 1 N–H and O–H groups in total. The maximum absolute atomic E-state index is 12.9. The Balaban J connectivity index is 2.35. The predicted molar refractivity (Wildman–Crippen MR) is 85.7 cm³/mol. The first kappa shape index (κ1) is 16.2. The van der Waals surface area contributed by atoms with Gasteiger partial charge in [0.15, 0.2) is 0 Å². The van der Waals surface area contributed by atoms with Crippen LogP contribution in [0.1, 0.15) is 30.9 Å². The SMILES string of the molecule is C=CCN(C1CC1)S(=O)(=O)c1cc(CNCC)ccc1C. The van der Waals surface area contributed by atoms with Crippen LogP contribution in [0.25, 0.3) is 0 Å². The smallest absolute Gasteiger partial charge is 0.243 e. The molecule has 0 unspecified atom stereocenters. The molecule has 2 rings (SSSR count). The van der Waals surface area contributed by atoms with Crippen LogP contribution in [0.3, 0.4) is 0 Å². The molecular weight excluding hydrogens is 284 g/mol. The second-order valence-electron chi connectivity index (χ2n) is 5.47. The van der Waals surface area contributed by atoms with Gasteiger partial charge >= 0.3 is 0 Å². The molecule has 0 saturated heterocycles. The Bertz CT molecular complexity index is 607. The highest BCUT2D eigenvalue weighted by atomic mass is 32.2. The van der Waals surface area contributed by atoms with Gasteiger partial charge in [-0.25, -0.2) is 8.42 Å². The van der Waals surface area contributed by atoms with Crippen LogP contribution in [0, 0.1) is 6.92 Å². The summed E-state index contributed by atoms with van der Waals surface area (Å²) in [7, 11) is -3.44. The second kappa shape index (κ2) is 6.73. The highest BCUT2D eigenvalue weighted by molar-refractivity contribution is 7.89. The van der Waals surface area contributed by atoms with E-state index in [1.54, 1.807) is 16.4 Å². The van der Waals surface area contributed by atoms with E-state index in [2.05, 4.69) is 11.9 Å². The molecule has 1 aliphatic carbocycles. The van der Waals surface area contributed by atoms with Gasteiger partial charge in [-0.15, -0.1) is 6.58 Å². The first-order valence-electron chi connectivity index (χ1n) is 7.43. The molecule has 1 fully saturated rings. The molecule has 0 atom stereocenters. The molecule has 0 amide bonds. The third-order valence-corrected chi connectivity index (χ3v) is 5.74. The fourth-order valence-electron chi connectivity index (χ4n) is 2.36. The molecule has 4 nitrogen and oxygen atoms in total. The minimum atomic E-state index is -3.44. The average Bonchev–Trinajstić information content (AvgIpc) is 3.28. The average molecular weight is 308 g/mol. The van der Waals surface area contributed by atoms with Crippen molar-refractivity contribution in [3.8, 4) is 0 Å². The molecule has 0 aromatic heterocycles. The fourth-order valence-corrected chi connectivity index (χ4v) is 4.29. The second-order valence-corrected chi connectivity index (χ2v) is 7.33. The van der Waals surface area contributed by atoms with Crippen molar-refractivity contribution in [2.45, 2.75) is 44.2 Å². The van der Waals surface area contributed by atoms with Crippen LogP contribution in [-0.4, -0.2) is 31.9 Å². The lowest BCUT2D eigenvalue weighted by molar-refractivity contribution is 0.435. The first-order valence-corrected chi connectivity index (χ1v) is 8.87. The van der Waals surface area contributed by atoms with Crippen LogP contribution in [0.4, 0.5) is 0 Å². The van der Waals surface area contributed by atoms with E-state index in [1.165, 1.54) is 0 Å². The van der Waals surface area contributed by atoms with E-state index in [0.29, 0.717) is 18.0 Å². The predicted octanol–water partition coefficient (Wildman–Crippen LogP) is 2.44. The number of hydrogen-bond donors (Lipinski definition) is 1. The molecule has 0 radical (unpaired) electrons. The van der Waals surface area contributed by atoms with Gasteiger partial charge in [-0.3, -0.25) is 0 Å². The Morgan fingerprint density at radius 3 is 2.71 bits per heavy atom. The van der Waals surface area contributed by atoms with E-state index >= 15 is 0 Å². The molecule has 1 aliphatic rings. The summed E-state index contributed by atoms with van der Waals surface area (Å²) >= 11 is 0. The zero-order valence-corrected chi connectivity index (χ0v) is 13.6. The molecule has 116 valence electrons. The van der Waals surface area contributed by atoms with Gasteiger partial charge in [0, 0.05) is 19.1 Å². The normalized spacial score (nSPS) is 15.4. The maximum atomic E-state index is 12.9. The Morgan fingerprint density at radius 1 is 1.43 bits per heavy atom. The van der Waals surface area contributed by atoms with Crippen LogP contribution in [0.15, 0.2) is 35.7 Å². The third-order valence-electron chi connectivity index (χ3n) is 3.68. The quantitative estimate of drug-likeness (QED) is 0.751. The molecule has 5 heteroatoms. The monoisotopic (exact) mass is 308 g/mol. The Labute approximate surface area is 127 Å². The summed E-state index contributed by atoms with van der Waals surface area (Å²) in [6, 6.07) is 5.81. The van der Waals surface area contributed by atoms with E-state index in [-0.39, 0.29) is 6.04 Å². The number of benzene rings is 1. The summed E-state index contributed by atoms with van der Waals surface area (Å²) in [5.41, 5.74) is 1.79. The number of hydrogen-bond acceptors (Lipinski definition) is 3. The van der Waals surface area contributed by atoms with Crippen LogP contribution in [-0.2, 0) is 16.6 Å². The lowest BCUT2D eigenvalue weighted by Crippen LogP contribution is -2.33. The van der Waals surface area contributed by atoms with Crippen LogP contribution >= 0.6 is 0 Å². The van der Waals surface area contributed by atoms with Gasteiger partial charge in [0.1, 0.15) is 0 Å². The lowest BCUT2D eigenvalue weighted by Gasteiger charge is -2.22. The molecular formula is C16H24N2O2S. The Kier molecular flexibility index (Phi) is 5.19. The summed E-state index contributed by atoms with van der Waals surface area (Å²) in [5.74, 6) is 0. The summed E-state index contributed by atoms with van der Waals surface area (Å²) in [6.07, 6.45) is 3.56. The molecule has 0 bridgehead atoms. The van der Waals surface area contributed by atoms with Crippen molar-refractivity contribution in [3.63, 3.8) is 0 Å². The van der Waals surface area contributed by atoms with Crippen LogP contribution < -0.4 is 5.32 Å². The van der Waals surface area contributed by atoms with Gasteiger partial charge < -0.3 is 5.32 Å². The molecule has 0 aliphatic heterocycles.